The van der Waals surface area contributed by atoms with E-state index in [1.165, 1.54) is 11.8 Å². The van der Waals surface area contributed by atoms with Crippen LogP contribution >= 0.6 is 0 Å². The van der Waals surface area contributed by atoms with Crippen molar-refractivity contribution in [1.82, 2.24) is 9.71 Å². The van der Waals surface area contributed by atoms with Crippen LogP contribution in [0.4, 0.5) is 5.69 Å². The normalized spacial score (nSPS) is 12.0. The topological polar surface area (TPSA) is 71.1 Å². The summed E-state index contributed by atoms with van der Waals surface area (Å²) in [5, 5.41) is 4.60. The fraction of sp³-hybridized carbons (Fsp3) is 0.471. The Morgan fingerprint density at radius 3 is 2.52 bits per heavy atom. The number of hydrogen-bond acceptors (Lipinski definition) is 4. The van der Waals surface area contributed by atoms with Crippen molar-refractivity contribution in [2.24, 2.45) is 0 Å². The van der Waals surface area contributed by atoms with Crippen LogP contribution in [0.25, 0.3) is 10.9 Å². The maximum atomic E-state index is 11.1. The molecule has 0 atom stereocenters. The minimum Gasteiger partial charge on any atom is -0.384 e. The smallest absolute Gasteiger partial charge is 0.208 e. The van der Waals surface area contributed by atoms with Gasteiger partial charge in [-0.05, 0) is 30.9 Å². The summed E-state index contributed by atoms with van der Waals surface area (Å²) in [6.45, 7) is 7.50. The summed E-state index contributed by atoms with van der Waals surface area (Å²) in [5.74, 6) is 0.365. The van der Waals surface area contributed by atoms with E-state index in [2.05, 4.69) is 30.0 Å². The van der Waals surface area contributed by atoms with Gasteiger partial charge in [-0.25, -0.2) is 13.1 Å². The van der Waals surface area contributed by atoms with Gasteiger partial charge < -0.3 is 5.32 Å². The van der Waals surface area contributed by atoms with Gasteiger partial charge in [0.15, 0.2) is 0 Å². The number of hydrogen-bond donors (Lipinski definition) is 2. The molecule has 23 heavy (non-hydrogen) atoms. The molecular weight excluding hydrogens is 310 g/mol. The predicted molar refractivity (Wildman–Crippen MR) is 96.5 cm³/mol. The van der Waals surface area contributed by atoms with E-state index in [-0.39, 0.29) is 0 Å². The van der Waals surface area contributed by atoms with E-state index in [9.17, 15) is 8.42 Å². The van der Waals surface area contributed by atoms with Crippen LogP contribution in [0.15, 0.2) is 24.3 Å². The number of sulfonamides is 1. The molecule has 5 nitrogen and oxygen atoms in total. The molecule has 0 saturated carbocycles. The molecule has 0 fully saturated rings. The van der Waals surface area contributed by atoms with E-state index in [0.717, 1.165) is 28.7 Å². The van der Waals surface area contributed by atoms with E-state index >= 15 is 0 Å². The van der Waals surface area contributed by atoms with Crippen molar-refractivity contribution in [3.05, 3.63) is 35.5 Å². The molecule has 6 heteroatoms. The lowest BCUT2D eigenvalue weighted by atomic mass is 9.96. The third kappa shape index (κ3) is 4.65. The van der Waals surface area contributed by atoms with Crippen molar-refractivity contribution in [1.29, 1.82) is 0 Å². The molecule has 1 aromatic carbocycles. The van der Waals surface area contributed by atoms with Crippen LogP contribution in [0.3, 0.4) is 0 Å². The fourth-order valence-corrected chi connectivity index (χ4v) is 3.32. The van der Waals surface area contributed by atoms with Gasteiger partial charge in [-0.1, -0.05) is 32.0 Å². The molecule has 0 bridgehead atoms. The summed E-state index contributed by atoms with van der Waals surface area (Å²) >= 11 is 0. The first-order valence-electron chi connectivity index (χ1n) is 7.87. The van der Waals surface area contributed by atoms with Crippen molar-refractivity contribution in [2.45, 2.75) is 33.1 Å². The van der Waals surface area contributed by atoms with Gasteiger partial charge in [0.05, 0.1) is 11.8 Å². The number of nitrogens with zero attached hydrogens (tertiary/aromatic N) is 1. The van der Waals surface area contributed by atoms with Crippen LogP contribution in [0.5, 0.6) is 0 Å². The summed E-state index contributed by atoms with van der Waals surface area (Å²) < 4.78 is 24.7. The Morgan fingerprint density at radius 1 is 1.17 bits per heavy atom. The molecule has 0 aliphatic rings. The highest BCUT2D eigenvalue weighted by Crippen LogP contribution is 2.33. The van der Waals surface area contributed by atoms with Crippen LogP contribution in [-0.2, 0) is 10.0 Å². The highest BCUT2D eigenvalue weighted by Gasteiger charge is 2.14. The van der Waals surface area contributed by atoms with Gasteiger partial charge in [0.1, 0.15) is 0 Å². The molecule has 1 heterocycles. The van der Waals surface area contributed by atoms with E-state index in [1.54, 1.807) is 0 Å². The molecule has 0 saturated heterocycles. The number of rotatable bonds is 7. The van der Waals surface area contributed by atoms with Gasteiger partial charge >= 0.3 is 0 Å². The average Bonchev–Trinajstić information content (AvgIpc) is 2.44. The van der Waals surface area contributed by atoms with Crippen LogP contribution < -0.4 is 10.0 Å². The van der Waals surface area contributed by atoms with Crippen LogP contribution in [0.1, 0.15) is 37.4 Å². The lowest BCUT2D eigenvalue weighted by molar-refractivity contribution is 0.586. The Kier molecular flexibility index (Phi) is 5.59. The standard InChI is InChI=1S/C17H25N3O2S/c1-12(2)16-13(3)20-15-9-6-5-8-14(15)17(16)18-10-7-11-19-23(4,21)22/h5-6,8-9,12,19H,7,10-11H2,1-4H3,(H,18,20). The van der Waals surface area contributed by atoms with E-state index in [4.69, 9.17) is 4.98 Å². The Balaban J connectivity index is 2.22. The first kappa shape index (κ1) is 17.7. The lowest BCUT2D eigenvalue weighted by Crippen LogP contribution is -2.24. The first-order valence-corrected chi connectivity index (χ1v) is 9.76. The van der Waals surface area contributed by atoms with Gasteiger partial charge in [-0.3, -0.25) is 4.98 Å². The molecule has 0 radical (unpaired) electrons. The molecule has 0 unspecified atom stereocenters. The number of anilines is 1. The number of benzene rings is 1. The van der Waals surface area contributed by atoms with Gasteiger partial charge in [0, 0.05) is 29.9 Å². The van der Waals surface area contributed by atoms with Crippen molar-refractivity contribution in [3.8, 4) is 0 Å². The van der Waals surface area contributed by atoms with Crippen LogP contribution in [-0.4, -0.2) is 32.7 Å². The molecule has 0 aliphatic carbocycles. The predicted octanol–water partition coefficient (Wildman–Crippen LogP) is 3.02. The maximum absolute atomic E-state index is 11.1. The zero-order valence-electron chi connectivity index (χ0n) is 14.2. The Labute approximate surface area is 138 Å². The quantitative estimate of drug-likeness (QED) is 0.763. The average molecular weight is 335 g/mol. The summed E-state index contributed by atoms with van der Waals surface area (Å²) in [5.41, 5.74) is 4.35. The van der Waals surface area contributed by atoms with E-state index in [1.807, 2.05) is 25.1 Å². The monoisotopic (exact) mass is 335 g/mol. The third-order valence-electron chi connectivity index (χ3n) is 3.72. The molecule has 0 aliphatic heterocycles. The van der Waals surface area contributed by atoms with Crippen molar-refractivity contribution < 1.29 is 8.42 Å². The minimum atomic E-state index is -3.12. The number of aryl methyl sites for hydroxylation is 1. The number of fused-ring (bicyclic) bond motifs is 1. The van der Waals surface area contributed by atoms with Gasteiger partial charge in [-0.15, -0.1) is 0 Å². The molecular formula is C17H25N3O2S. The maximum Gasteiger partial charge on any atom is 0.208 e. The van der Waals surface area contributed by atoms with Gasteiger partial charge in [-0.2, -0.15) is 0 Å². The second kappa shape index (κ2) is 7.27. The van der Waals surface area contributed by atoms with Crippen molar-refractivity contribution in [3.63, 3.8) is 0 Å². The largest absolute Gasteiger partial charge is 0.384 e. The van der Waals surface area contributed by atoms with Gasteiger partial charge in [0.25, 0.3) is 0 Å². The highest BCUT2D eigenvalue weighted by molar-refractivity contribution is 7.88. The number of aromatic nitrogens is 1. The zero-order chi connectivity index (χ0) is 17.0. The zero-order valence-corrected chi connectivity index (χ0v) is 15.0. The van der Waals surface area contributed by atoms with E-state index in [0.29, 0.717) is 19.0 Å². The second-order valence-corrected chi connectivity index (χ2v) is 7.94. The lowest BCUT2D eigenvalue weighted by Gasteiger charge is -2.19. The Morgan fingerprint density at radius 2 is 1.87 bits per heavy atom. The summed E-state index contributed by atoms with van der Waals surface area (Å²) in [6.07, 6.45) is 1.90. The number of para-hydroxylation sites is 1. The molecule has 0 amide bonds. The van der Waals surface area contributed by atoms with E-state index < -0.39 is 10.0 Å². The molecule has 0 spiro atoms. The molecule has 2 aromatic rings. The van der Waals surface area contributed by atoms with Gasteiger partial charge in [0.2, 0.25) is 10.0 Å². The molecule has 2 rings (SSSR count). The SMILES string of the molecule is Cc1nc2ccccc2c(NCCCNS(C)(=O)=O)c1C(C)C. The first-order chi connectivity index (χ1) is 10.8. The Bertz CT molecular complexity index is 786. The summed E-state index contributed by atoms with van der Waals surface area (Å²) in [4.78, 5) is 4.70. The number of nitrogens with one attached hydrogen (secondary N) is 2. The second-order valence-electron chi connectivity index (χ2n) is 6.10. The molecule has 2 N–H and O–H groups in total. The highest BCUT2D eigenvalue weighted by atomic mass is 32.2. The summed E-state index contributed by atoms with van der Waals surface area (Å²) in [7, 11) is -3.12. The summed E-state index contributed by atoms with van der Waals surface area (Å²) in [6, 6.07) is 8.09. The molecule has 126 valence electrons. The van der Waals surface area contributed by atoms with Crippen LogP contribution in [0, 0.1) is 6.92 Å². The van der Waals surface area contributed by atoms with Crippen molar-refractivity contribution >= 4 is 26.6 Å². The molecule has 1 aromatic heterocycles. The van der Waals surface area contributed by atoms with Crippen LogP contribution in [0.2, 0.25) is 0 Å². The van der Waals surface area contributed by atoms with Crippen molar-refractivity contribution in [2.75, 3.05) is 24.7 Å². The third-order valence-corrected chi connectivity index (χ3v) is 4.45. The Hall–Kier alpha value is -1.66. The number of pyridine rings is 1. The minimum absolute atomic E-state index is 0.365. The fourth-order valence-electron chi connectivity index (χ4n) is 2.81.